The number of fused-ring (bicyclic) bond motifs is 3. The number of anilines is 1. The number of rotatable bonds is 5. The smallest absolute Gasteiger partial charge is 0.0480 e. The average molecular weight is 397 g/mol. The first kappa shape index (κ1) is 19.4. The third kappa shape index (κ3) is 3.44. The Kier molecular flexibility index (Phi) is 5.35. The van der Waals surface area contributed by atoms with Gasteiger partial charge in [0, 0.05) is 30.7 Å². The van der Waals surface area contributed by atoms with E-state index in [-0.39, 0.29) is 0 Å². The van der Waals surface area contributed by atoms with Crippen molar-refractivity contribution in [2.24, 2.45) is 5.92 Å². The van der Waals surface area contributed by atoms with Gasteiger partial charge in [-0.3, -0.25) is 4.90 Å². The van der Waals surface area contributed by atoms with Gasteiger partial charge in [-0.05, 0) is 61.5 Å². The summed E-state index contributed by atoms with van der Waals surface area (Å²) < 4.78 is 0. The van der Waals surface area contributed by atoms with Crippen molar-refractivity contribution in [1.29, 1.82) is 0 Å². The van der Waals surface area contributed by atoms with Crippen molar-refractivity contribution < 1.29 is 0 Å². The van der Waals surface area contributed by atoms with Crippen LogP contribution in [0.4, 0.5) is 5.69 Å². The molecule has 0 amide bonds. The lowest BCUT2D eigenvalue weighted by Gasteiger charge is -2.57. The van der Waals surface area contributed by atoms with Crippen LogP contribution in [-0.2, 0) is 0 Å². The molecule has 0 unspecified atom stereocenters. The minimum atomic E-state index is 0.381. The fourth-order valence-electron chi connectivity index (χ4n) is 6.03. The van der Waals surface area contributed by atoms with Crippen LogP contribution in [0.3, 0.4) is 0 Å². The third-order valence-corrected chi connectivity index (χ3v) is 7.43. The van der Waals surface area contributed by atoms with Crippen molar-refractivity contribution in [1.82, 2.24) is 4.90 Å². The summed E-state index contributed by atoms with van der Waals surface area (Å²) in [5, 5.41) is 0. The van der Waals surface area contributed by atoms with Crippen LogP contribution in [0.15, 0.2) is 84.9 Å². The molecule has 30 heavy (non-hydrogen) atoms. The van der Waals surface area contributed by atoms with Gasteiger partial charge >= 0.3 is 0 Å². The monoisotopic (exact) mass is 396 g/mol. The molecule has 3 fully saturated rings. The number of benzene rings is 3. The molecule has 154 valence electrons. The summed E-state index contributed by atoms with van der Waals surface area (Å²) in [5.41, 5.74) is 5.61. The standard InChI is InChI=1S/C28H32N2/c1-21-11-9-10-16-25(21)29(2)27-24-17-19-30(20-18-24)28(27)26(22-12-5-3-6-13-22)23-14-7-4-8-15-23/h3-16,24,26-28H,17-20H2,1-2H3/t27-,28-/m1/s1. The Bertz CT molecular complexity index is 921. The molecule has 2 atom stereocenters. The second kappa shape index (κ2) is 8.28. The fourth-order valence-corrected chi connectivity index (χ4v) is 6.03. The molecule has 6 rings (SSSR count). The Labute approximate surface area is 181 Å². The highest BCUT2D eigenvalue weighted by atomic mass is 15.3. The van der Waals surface area contributed by atoms with E-state index in [0.29, 0.717) is 18.0 Å². The molecule has 3 aliphatic heterocycles. The van der Waals surface area contributed by atoms with Gasteiger partial charge in [0.15, 0.2) is 0 Å². The minimum absolute atomic E-state index is 0.381. The van der Waals surface area contributed by atoms with Gasteiger partial charge in [0.2, 0.25) is 0 Å². The van der Waals surface area contributed by atoms with Gasteiger partial charge in [-0.2, -0.15) is 0 Å². The Balaban J connectivity index is 1.62. The summed E-state index contributed by atoms with van der Waals surface area (Å²) in [5.74, 6) is 1.13. The van der Waals surface area contributed by atoms with E-state index in [4.69, 9.17) is 0 Å². The Hall–Kier alpha value is -2.58. The van der Waals surface area contributed by atoms with E-state index >= 15 is 0 Å². The molecule has 0 saturated carbocycles. The van der Waals surface area contributed by atoms with E-state index in [9.17, 15) is 0 Å². The quantitative estimate of drug-likeness (QED) is 0.544. The molecule has 2 heteroatoms. The van der Waals surface area contributed by atoms with Crippen LogP contribution in [0.2, 0.25) is 0 Å². The minimum Gasteiger partial charge on any atom is -0.370 e. The van der Waals surface area contributed by atoms with Crippen molar-refractivity contribution in [2.45, 2.75) is 37.8 Å². The van der Waals surface area contributed by atoms with E-state index < -0.39 is 0 Å². The van der Waals surface area contributed by atoms with Crippen LogP contribution in [0, 0.1) is 12.8 Å². The maximum atomic E-state index is 2.78. The Morgan fingerprint density at radius 1 is 0.767 bits per heavy atom. The molecule has 0 spiro atoms. The largest absolute Gasteiger partial charge is 0.370 e. The molecule has 0 N–H and O–H groups in total. The second-order valence-corrected chi connectivity index (χ2v) is 9.05. The molecule has 3 aliphatic rings. The number of nitrogens with zero attached hydrogens (tertiary/aromatic N) is 2. The number of para-hydroxylation sites is 1. The lowest BCUT2D eigenvalue weighted by Crippen LogP contribution is -2.65. The number of hydrogen-bond donors (Lipinski definition) is 0. The van der Waals surface area contributed by atoms with Crippen LogP contribution in [0.1, 0.15) is 35.4 Å². The van der Waals surface area contributed by atoms with Crippen molar-refractivity contribution in [2.75, 3.05) is 25.0 Å². The molecule has 3 saturated heterocycles. The molecule has 3 aromatic rings. The predicted octanol–water partition coefficient (Wildman–Crippen LogP) is 5.73. The summed E-state index contributed by atoms with van der Waals surface area (Å²) in [6.45, 7) is 4.70. The zero-order chi connectivity index (χ0) is 20.5. The van der Waals surface area contributed by atoms with Gasteiger partial charge in [0.1, 0.15) is 0 Å². The summed E-state index contributed by atoms with van der Waals surface area (Å²) in [7, 11) is 2.33. The molecule has 0 aliphatic carbocycles. The summed E-state index contributed by atoms with van der Waals surface area (Å²) in [6.07, 6.45) is 2.63. The van der Waals surface area contributed by atoms with Crippen LogP contribution >= 0.6 is 0 Å². The Morgan fingerprint density at radius 2 is 1.30 bits per heavy atom. The molecule has 3 aromatic carbocycles. The summed E-state index contributed by atoms with van der Waals surface area (Å²) in [6, 6.07) is 32.2. The average Bonchev–Trinajstić information content (AvgIpc) is 2.81. The SMILES string of the molecule is Cc1ccccc1N(C)[C@@H]1C2CCN(CC2)[C@@H]1C(c1ccccc1)c1ccccc1. The first-order chi connectivity index (χ1) is 14.7. The number of hydrogen-bond acceptors (Lipinski definition) is 2. The number of piperidine rings is 3. The van der Waals surface area contributed by atoms with Crippen molar-refractivity contribution in [3.8, 4) is 0 Å². The van der Waals surface area contributed by atoms with E-state index in [1.807, 2.05) is 0 Å². The van der Waals surface area contributed by atoms with E-state index in [1.54, 1.807) is 0 Å². The predicted molar refractivity (Wildman–Crippen MR) is 126 cm³/mol. The van der Waals surface area contributed by atoms with Gasteiger partial charge in [0.25, 0.3) is 0 Å². The highest BCUT2D eigenvalue weighted by Crippen LogP contribution is 2.44. The molecule has 0 aromatic heterocycles. The van der Waals surface area contributed by atoms with Gasteiger partial charge < -0.3 is 4.90 Å². The van der Waals surface area contributed by atoms with Gasteiger partial charge in [-0.25, -0.2) is 0 Å². The Morgan fingerprint density at radius 3 is 1.87 bits per heavy atom. The molecule has 2 nitrogen and oxygen atoms in total. The van der Waals surface area contributed by atoms with Gasteiger partial charge in [0.05, 0.1) is 0 Å². The summed E-state index contributed by atoms with van der Waals surface area (Å²) in [4.78, 5) is 5.39. The number of aryl methyl sites for hydroxylation is 1. The maximum absolute atomic E-state index is 2.78. The zero-order valence-electron chi connectivity index (χ0n) is 18.1. The molecule has 2 bridgehead atoms. The van der Waals surface area contributed by atoms with Crippen LogP contribution in [0.5, 0.6) is 0 Å². The first-order valence-corrected chi connectivity index (χ1v) is 11.4. The molecule has 0 radical (unpaired) electrons. The van der Waals surface area contributed by atoms with Crippen LogP contribution in [0.25, 0.3) is 0 Å². The highest BCUT2D eigenvalue weighted by molar-refractivity contribution is 5.54. The van der Waals surface area contributed by atoms with Crippen molar-refractivity contribution >= 4 is 5.69 Å². The van der Waals surface area contributed by atoms with Crippen molar-refractivity contribution in [3.63, 3.8) is 0 Å². The van der Waals surface area contributed by atoms with E-state index in [2.05, 4.69) is 109 Å². The zero-order valence-corrected chi connectivity index (χ0v) is 18.1. The maximum Gasteiger partial charge on any atom is 0.0480 e. The third-order valence-electron chi connectivity index (χ3n) is 7.43. The lowest BCUT2D eigenvalue weighted by molar-refractivity contribution is 0.0186. The molecular weight excluding hydrogens is 364 g/mol. The molecular formula is C28H32N2. The highest BCUT2D eigenvalue weighted by Gasteiger charge is 2.48. The second-order valence-electron chi connectivity index (χ2n) is 9.05. The van der Waals surface area contributed by atoms with E-state index in [1.165, 1.54) is 48.3 Å². The molecule has 3 heterocycles. The number of likely N-dealkylation sites (N-methyl/N-ethyl adjacent to an activating group) is 1. The first-order valence-electron chi connectivity index (χ1n) is 11.4. The van der Waals surface area contributed by atoms with Crippen molar-refractivity contribution in [3.05, 3.63) is 102 Å². The van der Waals surface area contributed by atoms with Gasteiger partial charge in [-0.1, -0.05) is 78.9 Å². The van der Waals surface area contributed by atoms with Crippen LogP contribution < -0.4 is 4.90 Å². The lowest BCUT2D eigenvalue weighted by atomic mass is 9.70. The van der Waals surface area contributed by atoms with Crippen LogP contribution in [-0.4, -0.2) is 37.1 Å². The fraction of sp³-hybridized carbons (Fsp3) is 0.357. The normalized spacial score (nSPS) is 25.4. The van der Waals surface area contributed by atoms with E-state index in [0.717, 1.165) is 5.92 Å². The summed E-state index contributed by atoms with van der Waals surface area (Å²) >= 11 is 0. The van der Waals surface area contributed by atoms with Gasteiger partial charge in [-0.15, -0.1) is 0 Å². The topological polar surface area (TPSA) is 6.48 Å².